The summed E-state index contributed by atoms with van der Waals surface area (Å²) in [4.78, 5) is 0. The van der Waals surface area contributed by atoms with E-state index < -0.39 is 0 Å². The van der Waals surface area contributed by atoms with Crippen molar-refractivity contribution in [3.8, 4) is 0 Å². The number of hydrogen-bond acceptors (Lipinski definition) is 3. The Morgan fingerprint density at radius 2 is 2.55 bits per heavy atom. The molecule has 3 nitrogen and oxygen atoms in total. The SMILES string of the molecule is C[C@@H](CO)NC1CCCOC1. The van der Waals surface area contributed by atoms with Gasteiger partial charge in [0.15, 0.2) is 0 Å². The van der Waals surface area contributed by atoms with E-state index in [9.17, 15) is 0 Å². The van der Waals surface area contributed by atoms with E-state index >= 15 is 0 Å². The van der Waals surface area contributed by atoms with Crippen molar-refractivity contribution in [2.24, 2.45) is 0 Å². The molecular weight excluding hydrogens is 142 g/mol. The minimum absolute atomic E-state index is 0.196. The molecule has 0 bridgehead atoms. The van der Waals surface area contributed by atoms with Crippen molar-refractivity contribution in [2.45, 2.75) is 31.8 Å². The Hall–Kier alpha value is -0.120. The van der Waals surface area contributed by atoms with Gasteiger partial charge in [-0.15, -0.1) is 0 Å². The molecule has 0 aromatic rings. The molecule has 1 aliphatic rings. The highest BCUT2D eigenvalue weighted by Crippen LogP contribution is 2.06. The monoisotopic (exact) mass is 159 g/mol. The van der Waals surface area contributed by atoms with Gasteiger partial charge in [0.2, 0.25) is 0 Å². The van der Waals surface area contributed by atoms with Crippen LogP contribution in [0.25, 0.3) is 0 Å². The van der Waals surface area contributed by atoms with Gasteiger partial charge >= 0.3 is 0 Å². The van der Waals surface area contributed by atoms with Crippen LogP contribution in [0.5, 0.6) is 0 Å². The van der Waals surface area contributed by atoms with Crippen LogP contribution in [-0.2, 0) is 4.74 Å². The van der Waals surface area contributed by atoms with E-state index in [1.807, 2.05) is 6.92 Å². The lowest BCUT2D eigenvalue weighted by Crippen LogP contribution is -2.43. The predicted octanol–water partition coefficient (Wildman–Crippen LogP) is 0.136. The van der Waals surface area contributed by atoms with Crippen LogP contribution in [0.3, 0.4) is 0 Å². The average Bonchev–Trinajstić information content (AvgIpc) is 2.06. The highest BCUT2D eigenvalue weighted by molar-refractivity contribution is 4.73. The van der Waals surface area contributed by atoms with Gasteiger partial charge in [-0.1, -0.05) is 0 Å². The Bertz CT molecular complexity index is 102. The van der Waals surface area contributed by atoms with Crippen LogP contribution in [0, 0.1) is 0 Å². The maximum absolute atomic E-state index is 8.76. The zero-order valence-corrected chi connectivity index (χ0v) is 7.05. The first-order valence-electron chi connectivity index (χ1n) is 4.27. The molecule has 0 aromatic heterocycles. The van der Waals surface area contributed by atoms with Gasteiger partial charge in [-0.05, 0) is 19.8 Å². The molecule has 11 heavy (non-hydrogen) atoms. The number of aliphatic hydroxyl groups is 1. The van der Waals surface area contributed by atoms with Crippen molar-refractivity contribution in [3.05, 3.63) is 0 Å². The Kier molecular flexibility index (Phi) is 3.83. The van der Waals surface area contributed by atoms with Gasteiger partial charge in [0.05, 0.1) is 13.2 Å². The summed E-state index contributed by atoms with van der Waals surface area (Å²) in [6.07, 6.45) is 2.31. The van der Waals surface area contributed by atoms with Crippen LogP contribution in [0.1, 0.15) is 19.8 Å². The largest absolute Gasteiger partial charge is 0.395 e. The summed E-state index contributed by atoms with van der Waals surface area (Å²) in [6.45, 7) is 3.88. The number of hydrogen-bond donors (Lipinski definition) is 2. The van der Waals surface area contributed by atoms with E-state index in [0.717, 1.165) is 19.6 Å². The zero-order valence-electron chi connectivity index (χ0n) is 7.05. The number of nitrogens with one attached hydrogen (secondary N) is 1. The molecule has 2 atom stereocenters. The van der Waals surface area contributed by atoms with Crippen LogP contribution in [0.2, 0.25) is 0 Å². The summed E-state index contributed by atoms with van der Waals surface area (Å²) in [5, 5.41) is 12.1. The van der Waals surface area contributed by atoms with E-state index in [0.29, 0.717) is 6.04 Å². The van der Waals surface area contributed by atoms with Crippen molar-refractivity contribution in [3.63, 3.8) is 0 Å². The first kappa shape index (κ1) is 8.97. The molecule has 0 aromatic carbocycles. The van der Waals surface area contributed by atoms with E-state index in [2.05, 4.69) is 5.32 Å². The van der Waals surface area contributed by atoms with Gasteiger partial charge < -0.3 is 15.2 Å². The third-order valence-corrected chi connectivity index (χ3v) is 1.95. The summed E-state index contributed by atoms with van der Waals surface area (Å²) >= 11 is 0. The smallest absolute Gasteiger partial charge is 0.0619 e. The summed E-state index contributed by atoms with van der Waals surface area (Å²) < 4.78 is 5.28. The number of ether oxygens (including phenoxy) is 1. The van der Waals surface area contributed by atoms with Crippen LogP contribution in [0.4, 0.5) is 0 Å². The summed E-state index contributed by atoms with van der Waals surface area (Å²) in [5.74, 6) is 0. The van der Waals surface area contributed by atoms with Crippen LogP contribution < -0.4 is 5.32 Å². The normalized spacial score (nSPS) is 28.4. The molecule has 1 fully saturated rings. The molecule has 0 aliphatic carbocycles. The molecule has 1 aliphatic heterocycles. The van der Waals surface area contributed by atoms with Gasteiger partial charge in [-0.3, -0.25) is 0 Å². The maximum atomic E-state index is 8.76. The predicted molar refractivity (Wildman–Crippen MR) is 43.5 cm³/mol. The Morgan fingerprint density at radius 3 is 3.09 bits per heavy atom. The molecule has 1 rings (SSSR count). The minimum Gasteiger partial charge on any atom is -0.395 e. The van der Waals surface area contributed by atoms with Crippen LogP contribution in [-0.4, -0.2) is 37.0 Å². The lowest BCUT2D eigenvalue weighted by molar-refractivity contribution is 0.0636. The quantitative estimate of drug-likeness (QED) is 0.615. The van der Waals surface area contributed by atoms with Crippen molar-refractivity contribution in [1.29, 1.82) is 0 Å². The van der Waals surface area contributed by atoms with Gasteiger partial charge in [0, 0.05) is 18.7 Å². The molecule has 1 saturated heterocycles. The second-order valence-corrected chi connectivity index (χ2v) is 3.16. The molecule has 0 saturated carbocycles. The molecule has 0 spiro atoms. The lowest BCUT2D eigenvalue weighted by Gasteiger charge is -2.25. The highest BCUT2D eigenvalue weighted by Gasteiger charge is 2.14. The van der Waals surface area contributed by atoms with Crippen molar-refractivity contribution in [1.82, 2.24) is 5.32 Å². The Morgan fingerprint density at radius 1 is 1.73 bits per heavy atom. The molecule has 0 radical (unpaired) electrons. The van der Waals surface area contributed by atoms with E-state index in [1.54, 1.807) is 0 Å². The average molecular weight is 159 g/mol. The van der Waals surface area contributed by atoms with Crippen LogP contribution in [0.15, 0.2) is 0 Å². The highest BCUT2D eigenvalue weighted by atomic mass is 16.5. The van der Waals surface area contributed by atoms with Crippen molar-refractivity contribution in [2.75, 3.05) is 19.8 Å². The van der Waals surface area contributed by atoms with Crippen molar-refractivity contribution >= 4 is 0 Å². The fourth-order valence-corrected chi connectivity index (χ4v) is 1.33. The van der Waals surface area contributed by atoms with E-state index in [-0.39, 0.29) is 12.6 Å². The van der Waals surface area contributed by atoms with Crippen LogP contribution >= 0.6 is 0 Å². The van der Waals surface area contributed by atoms with Gasteiger partial charge in [-0.25, -0.2) is 0 Å². The zero-order chi connectivity index (χ0) is 8.10. The van der Waals surface area contributed by atoms with Gasteiger partial charge in [0.25, 0.3) is 0 Å². The number of aliphatic hydroxyl groups excluding tert-OH is 1. The molecule has 0 amide bonds. The second-order valence-electron chi connectivity index (χ2n) is 3.16. The summed E-state index contributed by atoms with van der Waals surface area (Å²) in [6, 6.07) is 0.646. The third-order valence-electron chi connectivity index (χ3n) is 1.95. The topological polar surface area (TPSA) is 41.5 Å². The molecule has 66 valence electrons. The minimum atomic E-state index is 0.196. The summed E-state index contributed by atoms with van der Waals surface area (Å²) in [5.41, 5.74) is 0. The molecule has 3 heteroatoms. The van der Waals surface area contributed by atoms with Gasteiger partial charge in [-0.2, -0.15) is 0 Å². The molecule has 1 unspecified atom stereocenters. The van der Waals surface area contributed by atoms with E-state index in [4.69, 9.17) is 9.84 Å². The molecular formula is C8H17NO2. The Labute approximate surface area is 67.7 Å². The number of rotatable bonds is 3. The van der Waals surface area contributed by atoms with Gasteiger partial charge in [0.1, 0.15) is 0 Å². The fourth-order valence-electron chi connectivity index (χ4n) is 1.33. The van der Waals surface area contributed by atoms with Crippen molar-refractivity contribution < 1.29 is 9.84 Å². The molecule has 2 N–H and O–H groups in total. The summed E-state index contributed by atoms with van der Waals surface area (Å²) in [7, 11) is 0. The van der Waals surface area contributed by atoms with E-state index in [1.165, 1.54) is 6.42 Å². The third kappa shape index (κ3) is 3.18. The first-order valence-corrected chi connectivity index (χ1v) is 4.27. The standard InChI is InChI=1S/C8H17NO2/c1-7(5-10)9-8-3-2-4-11-6-8/h7-10H,2-6H2,1H3/t7-,8?/m0/s1. The Balaban J connectivity index is 2.13. The lowest BCUT2D eigenvalue weighted by atomic mass is 10.1. The first-order chi connectivity index (χ1) is 5.33. The maximum Gasteiger partial charge on any atom is 0.0619 e. The fraction of sp³-hybridized carbons (Fsp3) is 1.00. The molecule has 1 heterocycles. The second kappa shape index (κ2) is 4.70.